The number of nitrogens with one attached hydrogen (secondary N) is 1. The zero-order valence-corrected chi connectivity index (χ0v) is 15.5. The average molecular weight is 416 g/mol. The lowest BCUT2D eigenvalue weighted by Crippen LogP contribution is -2.25. The zero-order valence-electron chi connectivity index (χ0n) is 14.7. The predicted molar refractivity (Wildman–Crippen MR) is 96.0 cm³/mol. The molecule has 2 rings (SSSR count). The van der Waals surface area contributed by atoms with Gasteiger partial charge in [-0.25, -0.2) is 13.6 Å². The first kappa shape index (κ1) is 21.9. The molecule has 6 nitrogen and oxygen atoms in total. The minimum Gasteiger partial charge on any atom is -0.367 e. The summed E-state index contributed by atoms with van der Waals surface area (Å²) in [5.74, 6) is -0.330. The van der Waals surface area contributed by atoms with Crippen LogP contribution in [-0.2, 0) is 27.8 Å². The van der Waals surface area contributed by atoms with E-state index in [1.54, 1.807) is 12.1 Å². The van der Waals surface area contributed by atoms with E-state index in [4.69, 9.17) is 5.14 Å². The van der Waals surface area contributed by atoms with E-state index in [2.05, 4.69) is 10.1 Å². The summed E-state index contributed by atoms with van der Waals surface area (Å²) in [4.78, 5) is 12.1. The molecule has 152 valence electrons. The van der Waals surface area contributed by atoms with E-state index in [-0.39, 0.29) is 17.4 Å². The summed E-state index contributed by atoms with van der Waals surface area (Å²) in [6, 6.07) is 12.1. The van der Waals surface area contributed by atoms with Crippen molar-refractivity contribution in [3.63, 3.8) is 0 Å². The Labute approximate surface area is 160 Å². The van der Waals surface area contributed by atoms with Gasteiger partial charge in [0.1, 0.15) is 6.61 Å². The molecule has 0 aromatic heterocycles. The highest BCUT2D eigenvalue weighted by molar-refractivity contribution is 7.89. The lowest BCUT2D eigenvalue weighted by molar-refractivity contribution is -0.176. The number of amides is 1. The topological polar surface area (TPSA) is 98.5 Å². The largest absolute Gasteiger partial charge is 0.411 e. The van der Waals surface area contributed by atoms with Gasteiger partial charge in [0.25, 0.3) is 5.91 Å². The molecular formula is C18H19F3N2O4S. The van der Waals surface area contributed by atoms with Crippen LogP contribution in [0.3, 0.4) is 0 Å². The monoisotopic (exact) mass is 416 g/mol. The second-order valence-electron chi connectivity index (χ2n) is 6.00. The Morgan fingerprint density at radius 1 is 1.00 bits per heavy atom. The lowest BCUT2D eigenvalue weighted by atomic mass is 10.1. The zero-order chi connectivity index (χ0) is 20.8. The Morgan fingerprint density at radius 3 is 2.11 bits per heavy atom. The number of nitrogens with two attached hydrogens (primary N) is 1. The Balaban J connectivity index is 1.80. The second-order valence-corrected chi connectivity index (χ2v) is 7.56. The molecule has 0 bridgehead atoms. The third-order valence-corrected chi connectivity index (χ3v) is 4.63. The second kappa shape index (κ2) is 9.18. The molecule has 0 radical (unpaired) electrons. The van der Waals surface area contributed by atoms with Gasteiger partial charge in [-0.1, -0.05) is 24.3 Å². The first-order valence-electron chi connectivity index (χ1n) is 8.18. The predicted octanol–water partition coefficient (Wildman–Crippen LogP) is 2.39. The van der Waals surface area contributed by atoms with Crippen LogP contribution >= 0.6 is 0 Å². The van der Waals surface area contributed by atoms with Crippen LogP contribution in [0.5, 0.6) is 0 Å². The van der Waals surface area contributed by atoms with Crippen molar-refractivity contribution in [2.45, 2.75) is 24.1 Å². The van der Waals surface area contributed by atoms with Crippen LogP contribution in [0, 0.1) is 0 Å². The van der Waals surface area contributed by atoms with Gasteiger partial charge in [0.05, 0.1) is 11.5 Å². The maximum atomic E-state index is 12.1. The lowest BCUT2D eigenvalue weighted by Gasteiger charge is -2.09. The van der Waals surface area contributed by atoms with Crippen LogP contribution in [0.15, 0.2) is 53.4 Å². The number of benzene rings is 2. The van der Waals surface area contributed by atoms with E-state index in [1.807, 2.05) is 0 Å². The molecule has 2 aromatic rings. The molecule has 2 aromatic carbocycles. The van der Waals surface area contributed by atoms with Gasteiger partial charge in [-0.3, -0.25) is 4.79 Å². The summed E-state index contributed by atoms with van der Waals surface area (Å²) in [5.41, 5.74) is 1.71. The van der Waals surface area contributed by atoms with Gasteiger partial charge >= 0.3 is 6.18 Å². The van der Waals surface area contributed by atoms with E-state index < -0.39 is 22.8 Å². The van der Waals surface area contributed by atoms with Gasteiger partial charge in [-0.2, -0.15) is 13.2 Å². The summed E-state index contributed by atoms with van der Waals surface area (Å²) in [6.45, 7) is -1.20. The number of ether oxygens (including phenoxy) is 1. The molecule has 10 heteroatoms. The number of carbonyl (C=O) groups is 1. The van der Waals surface area contributed by atoms with E-state index in [0.29, 0.717) is 24.1 Å². The quantitative estimate of drug-likeness (QED) is 0.690. The summed E-state index contributed by atoms with van der Waals surface area (Å²) in [7, 11) is -3.74. The molecule has 0 aliphatic carbocycles. The molecule has 0 fully saturated rings. The number of hydrogen-bond acceptors (Lipinski definition) is 4. The van der Waals surface area contributed by atoms with E-state index in [9.17, 15) is 26.4 Å². The van der Waals surface area contributed by atoms with Crippen molar-refractivity contribution in [2.24, 2.45) is 5.14 Å². The molecule has 3 N–H and O–H groups in total. The Morgan fingerprint density at radius 2 is 1.57 bits per heavy atom. The van der Waals surface area contributed by atoms with Crippen molar-refractivity contribution in [2.75, 3.05) is 13.2 Å². The number of carbonyl (C=O) groups excluding carboxylic acids is 1. The summed E-state index contributed by atoms with van der Waals surface area (Å²) in [6.07, 6.45) is -3.89. The highest BCUT2D eigenvalue weighted by atomic mass is 32.2. The third-order valence-electron chi connectivity index (χ3n) is 3.70. The van der Waals surface area contributed by atoms with Gasteiger partial charge in [0, 0.05) is 12.1 Å². The number of halogens is 3. The highest BCUT2D eigenvalue weighted by Gasteiger charge is 2.27. The van der Waals surface area contributed by atoms with E-state index in [1.165, 1.54) is 36.4 Å². The summed E-state index contributed by atoms with van der Waals surface area (Å²) in [5, 5.41) is 7.74. The molecule has 0 spiro atoms. The highest BCUT2D eigenvalue weighted by Crippen LogP contribution is 2.16. The molecule has 0 heterocycles. The smallest absolute Gasteiger partial charge is 0.367 e. The molecule has 0 unspecified atom stereocenters. The van der Waals surface area contributed by atoms with E-state index >= 15 is 0 Å². The Kier molecular flexibility index (Phi) is 7.17. The van der Waals surface area contributed by atoms with E-state index in [0.717, 1.165) is 5.56 Å². The van der Waals surface area contributed by atoms with Crippen molar-refractivity contribution >= 4 is 15.9 Å². The van der Waals surface area contributed by atoms with Crippen LogP contribution in [0.1, 0.15) is 21.5 Å². The molecule has 1 amide bonds. The fourth-order valence-corrected chi connectivity index (χ4v) is 2.82. The van der Waals surface area contributed by atoms with Crippen molar-refractivity contribution in [3.8, 4) is 0 Å². The minimum atomic E-state index is -4.38. The standard InChI is InChI=1S/C18H19F3N2O4S/c19-18(20,21)12-27-11-14-1-5-15(6-2-14)17(24)23-10-9-13-3-7-16(8-4-13)28(22,25)26/h1-8H,9-12H2,(H,23,24)(H2,22,25,26). The molecule has 0 aliphatic rings. The third kappa shape index (κ3) is 7.29. The van der Waals surface area contributed by atoms with Crippen molar-refractivity contribution in [1.82, 2.24) is 5.32 Å². The molecule has 0 saturated carbocycles. The first-order valence-corrected chi connectivity index (χ1v) is 9.72. The number of sulfonamides is 1. The Bertz CT molecular complexity index is 896. The fraction of sp³-hybridized carbons (Fsp3) is 0.278. The number of rotatable bonds is 8. The van der Waals surface area contributed by atoms with Crippen molar-refractivity contribution in [1.29, 1.82) is 0 Å². The van der Waals surface area contributed by atoms with Gasteiger partial charge < -0.3 is 10.1 Å². The van der Waals surface area contributed by atoms with Gasteiger partial charge in [0.2, 0.25) is 10.0 Å². The maximum absolute atomic E-state index is 12.1. The summed E-state index contributed by atoms with van der Waals surface area (Å²) >= 11 is 0. The maximum Gasteiger partial charge on any atom is 0.411 e. The number of primary sulfonamides is 1. The van der Waals surface area contributed by atoms with Crippen molar-refractivity contribution < 1.29 is 31.1 Å². The van der Waals surface area contributed by atoms with Crippen LogP contribution in [0.25, 0.3) is 0 Å². The number of alkyl halides is 3. The van der Waals surface area contributed by atoms with Gasteiger partial charge in [-0.05, 0) is 41.8 Å². The minimum absolute atomic E-state index is 0.0135. The average Bonchev–Trinajstić information content (AvgIpc) is 2.61. The van der Waals surface area contributed by atoms with Crippen LogP contribution in [0.2, 0.25) is 0 Å². The normalized spacial score (nSPS) is 12.0. The van der Waals surface area contributed by atoms with Crippen LogP contribution < -0.4 is 10.5 Å². The van der Waals surface area contributed by atoms with Crippen molar-refractivity contribution in [3.05, 3.63) is 65.2 Å². The number of hydrogen-bond donors (Lipinski definition) is 2. The SMILES string of the molecule is NS(=O)(=O)c1ccc(CCNC(=O)c2ccc(COCC(F)(F)F)cc2)cc1. The fourth-order valence-electron chi connectivity index (χ4n) is 2.31. The Hall–Kier alpha value is -2.43. The molecule has 0 saturated heterocycles. The molecular weight excluding hydrogens is 397 g/mol. The molecule has 0 aliphatic heterocycles. The molecule has 28 heavy (non-hydrogen) atoms. The first-order chi connectivity index (χ1) is 13.0. The van der Waals surface area contributed by atoms with Gasteiger partial charge in [-0.15, -0.1) is 0 Å². The summed E-state index contributed by atoms with van der Waals surface area (Å²) < 4.78 is 63.0. The molecule has 0 atom stereocenters. The van der Waals surface area contributed by atoms with Crippen LogP contribution in [0.4, 0.5) is 13.2 Å². The van der Waals surface area contributed by atoms with Crippen LogP contribution in [-0.4, -0.2) is 33.7 Å². The van der Waals surface area contributed by atoms with Gasteiger partial charge in [0.15, 0.2) is 0 Å².